The summed E-state index contributed by atoms with van der Waals surface area (Å²) in [5, 5.41) is 1.87. The third-order valence-electron chi connectivity index (χ3n) is 4.83. The first-order chi connectivity index (χ1) is 12.1. The van der Waals surface area contributed by atoms with E-state index in [1.165, 1.54) is 5.56 Å². The van der Waals surface area contributed by atoms with Crippen molar-refractivity contribution in [1.82, 2.24) is 0 Å². The van der Waals surface area contributed by atoms with Crippen molar-refractivity contribution in [3.05, 3.63) is 52.4 Å². The van der Waals surface area contributed by atoms with Gasteiger partial charge in [-0.2, -0.15) is 13.0 Å². The summed E-state index contributed by atoms with van der Waals surface area (Å²) in [5.74, 6) is -0.209. The van der Waals surface area contributed by atoms with Gasteiger partial charge in [0.1, 0.15) is 6.54 Å². The highest BCUT2D eigenvalue weighted by Crippen LogP contribution is 2.37. The maximum Gasteiger partial charge on any atom is 0.264 e. The predicted molar refractivity (Wildman–Crippen MR) is 109 cm³/mol. The Kier molecular flexibility index (Phi) is 6.04. The molecule has 0 amide bonds. The van der Waals surface area contributed by atoms with Gasteiger partial charge in [0.2, 0.25) is 5.69 Å². The Labute approximate surface area is 156 Å². The van der Waals surface area contributed by atoms with E-state index >= 15 is 0 Å². The molecule has 0 spiro atoms. The Balaban J connectivity index is 2.46. The smallest absolute Gasteiger partial charge is 0.264 e. The van der Waals surface area contributed by atoms with Crippen LogP contribution in [-0.4, -0.2) is 35.6 Å². The lowest BCUT2D eigenvalue weighted by molar-refractivity contribution is -0.438. The van der Waals surface area contributed by atoms with E-state index in [1.54, 1.807) is 0 Å². The van der Waals surface area contributed by atoms with Crippen molar-refractivity contribution in [2.24, 2.45) is 0 Å². The number of benzene rings is 1. The van der Waals surface area contributed by atoms with Gasteiger partial charge in [-0.3, -0.25) is 4.55 Å². The van der Waals surface area contributed by atoms with Crippen LogP contribution in [0.15, 0.2) is 36.4 Å². The van der Waals surface area contributed by atoms with Crippen molar-refractivity contribution in [3.63, 3.8) is 0 Å². The molecule has 1 aromatic rings. The molecule has 0 aliphatic carbocycles. The minimum absolute atomic E-state index is 0.209. The molecule has 0 bridgehead atoms. The minimum Gasteiger partial charge on any atom is -0.286 e. The zero-order chi connectivity index (χ0) is 19.5. The van der Waals surface area contributed by atoms with Crippen LogP contribution in [0.2, 0.25) is 0 Å². The molecule has 0 fully saturated rings. The summed E-state index contributed by atoms with van der Waals surface area (Å²) in [5.41, 5.74) is 3.19. The van der Waals surface area contributed by atoms with Crippen LogP contribution in [0.25, 0.3) is 13.2 Å². The summed E-state index contributed by atoms with van der Waals surface area (Å²) in [7, 11) is -3.91. The molecule has 26 heavy (non-hydrogen) atoms. The number of rotatable bonds is 7. The SMILES string of the molecule is C=c1ccc2c(c1=C)C(C)(C)C(/C=C/C=C/C)=[N+]2CCCCS(=O)(=O)O. The summed E-state index contributed by atoms with van der Waals surface area (Å²) in [4.78, 5) is 0. The molecule has 0 unspecified atom stereocenters. The van der Waals surface area contributed by atoms with E-state index in [1.807, 2.05) is 31.2 Å². The van der Waals surface area contributed by atoms with Crippen LogP contribution < -0.4 is 10.4 Å². The molecule has 1 heterocycles. The summed E-state index contributed by atoms with van der Waals surface area (Å²) >= 11 is 0. The van der Waals surface area contributed by atoms with Crippen molar-refractivity contribution < 1.29 is 17.5 Å². The maximum absolute atomic E-state index is 11.0. The average Bonchev–Trinajstić information content (AvgIpc) is 2.75. The fraction of sp³-hybridized carbons (Fsp3) is 0.381. The molecule has 0 radical (unpaired) electrons. The fourth-order valence-corrected chi connectivity index (χ4v) is 4.12. The van der Waals surface area contributed by atoms with Crippen molar-refractivity contribution in [2.45, 2.75) is 39.0 Å². The predicted octanol–water partition coefficient (Wildman–Crippen LogP) is 2.68. The molecule has 2 rings (SSSR count). The molecule has 1 aromatic carbocycles. The Bertz CT molecular complexity index is 983. The van der Waals surface area contributed by atoms with Gasteiger partial charge >= 0.3 is 0 Å². The zero-order valence-electron chi connectivity index (χ0n) is 15.8. The number of hydrogen-bond donors (Lipinski definition) is 1. The van der Waals surface area contributed by atoms with Gasteiger partial charge in [-0.05, 0) is 43.7 Å². The third kappa shape index (κ3) is 4.22. The van der Waals surface area contributed by atoms with E-state index in [4.69, 9.17) is 4.55 Å². The summed E-state index contributed by atoms with van der Waals surface area (Å²) in [6.45, 7) is 15.3. The molecule has 1 N–H and O–H groups in total. The van der Waals surface area contributed by atoms with Gasteiger partial charge in [0.05, 0.1) is 11.2 Å². The van der Waals surface area contributed by atoms with Gasteiger partial charge in [-0.25, -0.2) is 0 Å². The Morgan fingerprint density at radius 2 is 1.88 bits per heavy atom. The van der Waals surface area contributed by atoms with Gasteiger partial charge < -0.3 is 0 Å². The fourth-order valence-electron chi connectivity index (χ4n) is 3.55. The number of fused-ring (bicyclic) bond motifs is 1. The first kappa shape index (κ1) is 20.3. The second-order valence-corrected chi connectivity index (χ2v) is 8.71. The van der Waals surface area contributed by atoms with Crippen molar-refractivity contribution in [1.29, 1.82) is 0 Å². The topological polar surface area (TPSA) is 57.4 Å². The van der Waals surface area contributed by atoms with E-state index < -0.39 is 10.1 Å². The molecule has 0 atom stereocenters. The van der Waals surface area contributed by atoms with Gasteiger partial charge in [0.15, 0.2) is 5.71 Å². The molecule has 0 saturated carbocycles. The summed E-state index contributed by atoms with van der Waals surface area (Å²) in [6, 6.07) is 4.04. The second-order valence-electron chi connectivity index (χ2n) is 7.14. The monoisotopic (exact) mass is 374 g/mol. The molecule has 5 heteroatoms. The van der Waals surface area contributed by atoms with Gasteiger partial charge in [0.25, 0.3) is 10.1 Å². The first-order valence-corrected chi connectivity index (χ1v) is 10.4. The van der Waals surface area contributed by atoms with Crippen LogP contribution in [0, 0.1) is 0 Å². The normalized spacial score (nSPS) is 16.8. The van der Waals surface area contributed by atoms with Crippen LogP contribution in [0.1, 0.15) is 39.2 Å². The molecule has 0 aromatic heterocycles. The van der Waals surface area contributed by atoms with Crippen LogP contribution in [0.3, 0.4) is 0 Å². The van der Waals surface area contributed by atoms with E-state index in [0.29, 0.717) is 19.4 Å². The summed E-state index contributed by atoms with van der Waals surface area (Å²) < 4.78 is 33.1. The second kappa shape index (κ2) is 7.72. The van der Waals surface area contributed by atoms with Crippen LogP contribution in [-0.2, 0) is 15.5 Å². The lowest BCUT2D eigenvalue weighted by atomic mass is 9.80. The number of nitrogens with zero attached hydrogens (tertiary/aromatic N) is 1. The molecule has 4 nitrogen and oxygen atoms in total. The quantitative estimate of drug-likeness (QED) is 0.345. The molecule has 140 valence electrons. The lowest BCUT2D eigenvalue weighted by Crippen LogP contribution is -2.35. The molecule has 0 saturated heterocycles. The highest BCUT2D eigenvalue weighted by molar-refractivity contribution is 7.85. The van der Waals surface area contributed by atoms with Crippen LogP contribution in [0.5, 0.6) is 0 Å². The molecular weight excluding hydrogens is 346 g/mol. The minimum atomic E-state index is -3.91. The van der Waals surface area contributed by atoms with Crippen molar-refractivity contribution in [3.8, 4) is 0 Å². The van der Waals surface area contributed by atoms with Crippen molar-refractivity contribution in [2.75, 3.05) is 12.3 Å². The van der Waals surface area contributed by atoms with Crippen molar-refractivity contribution >= 4 is 34.7 Å². The highest BCUT2D eigenvalue weighted by Gasteiger charge is 2.44. The highest BCUT2D eigenvalue weighted by atomic mass is 32.2. The van der Waals surface area contributed by atoms with E-state index in [0.717, 1.165) is 21.8 Å². The van der Waals surface area contributed by atoms with E-state index in [2.05, 4.69) is 43.7 Å². The van der Waals surface area contributed by atoms with Crippen LogP contribution >= 0.6 is 0 Å². The lowest BCUT2D eigenvalue weighted by Gasteiger charge is -2.16. The van der Waals surface area contributed by atoms with Gasteiger partial charge in [-0.15, -0.1) is 0 Å². The van der Waals surface area contributed by atoms with E-state index in [9.17, 15) is 8.42 Å². The summed E-state index contributed by atoms with van der Waals surface area (Å²) in [6.07, 6.45) is 9.16. The Morgan fingerprint density at radius 3 is 2.50 bits per heavy atom. The largest absolute Gasteiger partial charge is 0.286 e. The maximum atomic E-state index is 11.0. The number of allylic oxidation sites excluding steroid dienone is 4. The van der Waals surface area contributed by atoms with E-state index in [-0.39, 0.29) is 11.2 Å². The first-order valence-electron chi connectivity index (χ1n) is 8.80. The average molecular weight is 375 g/mol. The number of unbranched alkanes of at least 4 members (excludes halogenated alkanes) is 1. The zero-order valence-corrected chi connectivity index (χ0v) is 16.6. The Hall–Kier alpha value is -1.98. The van der Waals surface area contributed by atoms with Gasteiger partial charge in [0, 0.05) is 24.1 Å². The third-order valence-corrected chi connectivity index (χ3v) is 5.63. The molecular formula is C21H28NO3S+. The van der Waals surface area contributed by atoms with Gasteiger partial charge in [-0.1, -0.05) is 31.4 Å². The standard InChI is InChI=1S/C21H27NO3S/c1-6-7-8-11-19-21(4,5)20-17(3)16(2)12-13-18(20)22(19)14-9-10-15-26(23,24)25/h6-8,11-13H,2-3,9-10,14-15H2,1,4-5H3/p+1/b7-6+,11-8+. The number of hydrogen-bond acceptors (Lipinski definition) is 2. The Morgan fingerprint density at radius 1 is 1.19 bits per heavy atom. The molecule has 1 aliphatic rings. The molecule has 1 aliphatic heterocycles. The van der Waals surface area contributed by atoms with Crippen LogP contribution in [0.4, 0.5) is 5.69 Å².